The molecule has 6 rings (SSSR count). The third-order valence-electron chi connectivity index (χ3n) is 7.36. The molecule has 0 N–H and O–H groups in total. The third kappa shape index (κ3) is 2.52. The van der Waals surface area contributed by atoms with Gasteiger partial charge < -0.3 is 4.90 Å². The Morgan fingerprint density at radius 3 is 3.07 bits per heavy atom. The van der Waals surface area contributed by atoms with Gasteiger partial charge in [-0.2, -0.15) is 4.52 Å². The lowest BCUT2D eigenvalue weighted by Crippen LogP contribution is -2.60. The number of pyridine rings is 1. The second kappa shape index (κ2) is 6.37. The van der Waals surface area contributed by atoms with E-state index in [1.165, 1.54) is 37.8 Å². The average Bonchev–Trinajstić information content (AvgIpc) is 3.21. The number of piperidine rings is 3. The zero-order valence-electron chi connectivity index (χ0n) is 16.1. The van der Waals surface area contributed by atoms with Crippen LogP contribution in [0.3, 0.4) is 0 Å². The molecule has 3 aliphatic heterocycles. The number of nitrogens with zero attached hydrogens (tertiary/aromatic N) is 6. The highest BCUT2D eigenvalue weighted by atomic mass is 16.2. The minimum atomic E-state index is 0.118. The van der Waals surface area contributed by atoms with E-state index >= 15 is 0 Å². The molecule has 1 aliphatic carbocycles. The summed E-state index contributed by atoms with van der Waals surface area (Å²) in [7, 11) is 0. The SMILES string of the molecule is O=C(c1ccc2nnnn2c1)N1CCCC2=C[C@H]3C[C@@H](CN4CCCC[C@H]34)[C@@H]21. The van der Waals surface area contributed by atoms with Gasteiger partial charge in [-0.1, -0.05) is 18.1 Å². The maximum Gasteiger partial charge on any atom is 0.255 e. The Kier molecular flexibility index (Phi) is 3.79. The van der Waals surface area contributed by atoms with Crippen LogP contribution in [0.4, 0.5) is 0 Å². The molecule has 0 aromatic carbocycles. The molecule has 0 unspecified atom stereocenters. The summed E-state index contributed by atoms with van der Waals surface area (Å²) in [6, 6.07) is 4.69. The fourth-order valence-electron chi connectivity index (χ4n) is 6.23. The quantitative estimate of drug-likeness (QED) is 0.712. The summed E-state index contributed by atoms with van der Waals surface area (Å²) >= 11 is 0. The highest BCUT2D eigenvalue weighted by Gasteiger charge is 2.47. The van der Waals surface area contributed by atoms with Crippen LogP contribution >= 0.6 is 0 Å². The van der Waals surface area contributed by atoms with E-state index in [0.717, 1.165) is 32.0 Å². The van der Waals surface area contributed by atoms with Crippen molar-refractivity contribution in [2.75, 3.05) is 19.6 Å². The van der Waals surface area contributed by atoms with Gasteiger partial charge in [-0.25, -0.2) is 0 Å². The maximum atomic E-state index is 13.5. The van der Waals surface area contributed by atoms with Gasteiger partial charge in [-0.3, -0.25) is 9.69 Å². The lowest BCUT2D eigenvalue weighted by atomic mass is 9.68. The van der Waals surface area contributed by atoms with Crippen molar-refractivity contribution in [3.05, 3.63) is 35.5 Å². The lowest BCUT2D eigenvalue weighted by Gasteiger charge is -2.54. The van der Waals surface area contributed by atoms with Crippen LogP contribution in [0, 0.1) is 11.8 Å². The number of amides is 1. The summed E-state index contributed by atoms with van der Waals surface area (Å²) < 4.78 is 1.59. The Balaban J connectivity index is 1.33. The molecule has 1 amide bonds. The molecule has 2 aromatic rings. The Labute approximate surface area is 164 Å². The molecule has 4 atom stereocenters. The Hall–Kier alpha value is -2.28. The minimum Gasteiger partial charge on any atom is -0.332 e. The van der Waals surface area contributed by atoms with Crippen molar-refractivity contribution in [2.24, 2.45) is 11.8 Å². The van der Waals surface area contributed by atoms with Crippen LogP contribution in [0.15, 0.2) is 30.0 Å². The predicted octanol–water partition coefficient (Wildman–Crippen LogP) is 2.16. The van der Waals surface area contributed by atoms with E-state index < -0.39 is 0 Å². The van der Waals surface area contributed by atoms with Crippen LogP contribution in [-0.4, -0.2) is 67.5 Å². The van der Waals surface area contributed by atoms with Gasteiger partial charge in [-0.15, -0.1) is 5.10 Å². The molecule has 2 bridgehead atoms. The molecule has 0 spiro atoms. The predicted molar refractivity (Wildman–Crippen MR) is 104 cm³/mol. The standard InChI is InChI=1S/C21H26N6O/c28-21(15-6-7-19-22-23-24-27(19)13-15)26-9-3-4-14-10-16-11-17(20(14)26)12-25-8-2-1-5-18(16)25/h6-7,10,13,16-18,20H,1-5,8-9,11-12H2/t16-,17-,18+,20+/m0/s1. The normalized spacial score (nSPS) is 32.6. The summed E-state index contributed by atoms with van der Waals surface area (Å²) in [6.07, 6.45) is 11.8. The first-order valence-corrected chi connectivity index (χ1v) is 10.7. The Morgan fingerprint density at radius 2 is 2.11 bits per heavy atom. The molecule has 5 heterocycles. The Morgan fingerprint density at radius 1 is 1.14 bits per heavy atom. The van der Waals surface area contributed by atoms with Crippen LogP contribution in [0.5, 0.6) is 0 Å². The van der Waals surface area contributed by atoms with Gasteiger partial charge in [-0.05, 0) is 73.0 Å². The summed E-state index contributed by atoms with van der Waals surface area (Å²) in [4.78, 5) is 18.3. The maximum absolute atomic E-state index is 13.5. The van der Waals surface area contributed by atoms with Gasteiger partial charge in [0.25, 0.3) is 5.91 Å². The zero-order chi connectivity index (χ0) is 18.7. The molecule has 7 heteroatoms. The number of hydrogen-bond donors (Lipinski definition) is 0. The third-order valence-corrected chi connectivity index (χ3v) is 7.36. The molecule has 7 nitrogen and oxygen atoms in total. The molecular formula is C21H26N6O. The highest BCUT2D eigenvalue weighted by molar-refractivity contribution is 5.94. The molecule has 3 saturated heterocycles. The van der Waals surface area contributed by atoms with Crippen molar-refractivity contribution in [1.82, 2.24) is 29.8 Å². The van der Waals surface area contributed by atoms with E-state index in [9.17, 15) is 4.79 Å². The number of carbonyl (C=O) groups excluding carboxylic acids is 1. The highest BCUT2D eigenvalue weighted by Crippen LogP contribution is 2.45. The lowest BCUT2D eigenvalue weighted by molar-refractivity contribution is 0.00146. The van der Waals surface area contributed by atoms with E-state index in [4.69, 9.17) is 0 Å². The molecule has 0 radical (unpaired) electrons. The first kappa shape index (κ1) is 16.7. The fourth-order valence-corrected chi connectivity index (χ4v) is 6.23. The topological polar surface area (TPSA) is 66.6 Å². The van der Waals surface area contributed by atoms with E-state index in [-0.39, 0.29) is 11.9 Å². The number of fused-ring (bicyclic) bond motifs is 7. The molecule has 2 aromatic heterocycles. The summed E-state index contributed by atoms with van der Waals surface area (Å²) in [6.45, 7) is 3.23. The first-order valence-electron chi connectivity index (χ1n) is 10.7. The minimum absolute atomic E-state index is 0.118. The number of likely N-dealkylation sites (tertiary alicyclic amines) is 1. The second-order valence-electron chi connectivity index (χ2n) is 8.91. The molecule has 3 fully saturated rings. The van der Waals surface area contributed by atoms with Crippen LogP contribution in [0.1, 0.15) is 48.9 Å². The van der Waals surface area contributed by atoms with E-state index in [0.29, 0.717) is 23.0 Å². The van der Waals surface area contributed by atoms with E-state index in [1.807, 2.05) is 12.1 Å². The largest absolute Gasteiger partial charge is 0.332 e. The van der Waals surface area contributed by atoms with Crippen LogP contribution in [0.25, 0.3) is 5.65 Å². The van der Waals surface area contributed by atoms with Crippen molar-refractivity contribution in [1.29, 1.82) is 0 Å². The zero-order valence-corrected chi connectivity index (χ0v) is 16.1. The smallest absolute Gasteiger partial charge is 0.255 e. The molecule has 4 aliphatic rings. The summed E-state index contributed by atoms with van der Waals surface area (Å²) in [5.74, 6) is 1.38. The van der Waals surface area contributed by atoms with Crippen molar-refractivity contribution in [3.63, 3.8) is 0 Å². The number of rotatable bonds is 1. The molecule has 28 heavy (non-hydrogen) atoms. The molecule has 0 saturated carbocycles. The van der Waals surface area contributed by atoms with Gasteiger partial charge in [0.1, 0.15) is 0 Å². The molecular weight excluding hydrogens is 352 g/mol. The van der Waals surface area contributed by atoms with Crippen LogP contribution in [0.2, 0.25) is 0 Å². The van der Waals surface area contributed by atoms with Gasteiger partial charge in [0.2, 0.25) is 0 Å². The van der Waals surface area contributed by atoms with Crippen molar-refractivity contribution < 1.29 is 4.79 Å². The van der Waals surface area contributed by atoms with Crippen LogP contribution < -0.4 is 0 Å². The number of hydrogen-bond acceptors (Lipinski definition) is 5. The number of carbonyl (C=O) groups is 1. The van der Waals surface area contributed by atoms with Gasteiger partial charge >= 0.3 is 0 Å². The van der Waals surface area contributed by atoms with Gasteiger partial charge in [0.05, 0.1) is 11.6 Å². The Bertz CT molecular complexity index is 951. The van der Waals surface area contributed by atoms with E-state index in [2.05, 4.69) is 31.4 Å². The molecule has 146 valence electrons. The number of tetrazole rings is 1. The summed E-state index contributed by atoms with van der Waals surface area (Å²) in [5, 5.41) is 11.6. The van der Waals surface area contributed by atoms with E-state index in [1.54, 1.807) is 10.7 Å². The van der Waals surface area contributed by atoms with Crippen molar-refractivity contribution in [2.45, 2.75) is 50.6 Å². The monoisotopic (exact) mass is 378 g/mol. The average molecular weight is 378 g/mol. The fraction of sp³-hybridized carbons (Fsp3) is 0.619. The second-order valence-corrected chi connectivity index (χ2v) is 8.91. The van der Waals surface area contributed by atoms with Gasteiger partial charge in [0.15, 0.2) is 5.65 Å². The summed E-state index contributed by atoms with van der Waals surface area (Å²) in [5.41, 5.74) is 2.86. The number of aromatic nitrogens is 4. The van der Waals surface area contributed by atoms with Gasteiger partial charge in [0, 0.05) is 25.3 Å². The van der Waals surface area contributed by atoms with Crippen LogP contribution in [-0.2, 0) is 0 Å². The van der Waals surface area contributed by atoms with Crippen molar-refractivity contribution in [3.8, 4) is 0 Å². The first-order chi connectivity index (χ1) is 13.8. The van der Waals surface area contributed by atoms with Crippen molar-refractivity contribution >= 4 is 11.6 Å².